The number of isothiocyanates is 1. The highest BCUT2D eigenvalue weighted by Crippen LogP contribution is 2.50. The summed E-state index contributed by atoms with van der Waals surface area (Å²) < 4.78 is 11.0. The Hall–Kier alpha value is -2.50. The van der Waals surface area contributed by atoms with Crippen LogP contribution >= 0.6 is 12.2 Å². The van der Waals surface area contributed by atoms with Gasteiger partial charge >= 0.3 is 5.97 Å². The lowest BCUT2D eigenvalue weighted by atomic mass is 9.65. The van der Waals surface area contributed by atoms with Crippen molar-refractivity contribution in [3.05, 3.63) is 35.9 Å². The van der Waals surface area contributed by atoms with Gasteiger partial charge in [0.1, 0.15) is 16.8 Å². The predicted molar refractivity (Wildman–Crippen MR) is 105 cm³/mol. The van der Waals surface area contributed by atoms with Crippen molar-refractivity contribution in [3.63, 3.8) is 0 Å². The van der Waals surface area contributed by atoms with Crippen LogP contribution in [0.4, 0.5) is 5.69 Å². The number of benzene rings is 1. The van der Waals surface area contributed by atoms with Crippen molar-refractivity contribution in [2.24, 2.45) is 10.9 Å². The fraction of sp³-hybridized carbons (Fsp3) is 0.450. The molecule has 7 heteroatoms. The summed E-state index contributed by atoms with van der Waals surface area (Å²) >= 11 is 4.71. The third-order valence-electron chi connectivity index (χ3n) is 4.81. The first kappa shape index (κ1) is 19.3. The summed E-state index contributed by atoms with van der Waals surface area (Å²) in [6, 6.07) is 5.01. The molecule has 1 aliphatic heterocycles. The van der Waals surface area contributed by atoms with E-state index in [0.717, 1.165) is 0 Å². The molecule has 1 N–H and O–H groups in total. The lowest BCUT2D eigenvalue weighted by molar-refractivity contribution is -0.164. The van der Waals surface area contributed by atoms with Gasteiger partial charge in [-0.05, 0) is 63.2 Å². The molecule has 1 aromatic carbocycles. The Morgan fingerprint density at radius 3 is 2.78 bits per heavy atom. The van der Waals surface area contributed by atoms with Crippen LogP contribution in [-0.2, 0) is 19.7 Å². The van der Waals surface area contributed by atoms with Gasteiger partial charge in [-0.1, -0.05) is 12.2 Å². The Morgan fingerprint density at radius 2 is 2.15 bits per heavy atom. The lowest BCUT2D eigenvalue weighted by Crippen LogP contribution is -2.49. The molecule has 0 unspecified atom stereocenters. The van der Waals surface area contributed by atoms with Gasteiger partial charge in [0.2, 0.25) is 5.91 Å². The second kappa shape index (κ2) is 6.91. The maximum absolute atomic E-state index is 13.1. The van der Waals surface area contributed by atoms with Crippen molar-refractivity contribution < 1.29 is 19.1 Å². The molecule has 1 aromatic rings. The molecule has 1 heterocycles. The number of nitrogens with one attached hydrogen (secondary N) is 1. The molecular weight excluding hydrogens is 364 g/mol. The van der Waals surface area contributed by atoms with Gasteiger partial charge in [0.05, 0.1) is 24.2 Å². The highest BCUT2D eigenvalue weighted by Gasteiger charge is 2.56. The normalized spacial score (nSPS) is 26.1. The van der Waals surface area contributed by atoms with Gasteiger partial charge in [0, 0.05) is 5.69 Å². The van der Waals surface area contributed by atoms with E-state index in [4.69, 9.17) is 21.7 Å². The van der Waals surface area contributed by atoms with Crippen LogP contribution in [0.5, 0.6) is 5.75 Å². The molecule has 0 bridgehead atoms. The highest BCUT2D eigenvalue weighted by atomic mass is 32.1. The number of anilines is 1. The molecule has 0 saturated carbocycles. The minimum absolute atomic E-state index is 0.261. The number of ether oxygens (including phenoxy) is 2. The van der Waals surface area contributed by atoms with E-state index in [0.29, 0.717) is 23.4 Å². The number of nitrogens with zero attached hydrogens (tertiary/aromatic N) is 1. The summed E-state index contributed by atoms with van der Waals surface area (Å²) in [4.78, 5) is 30.2. The number of hydrogen-bond donors (Lipinski definition) is 1. The monoisotopic (exact) mass is 386 g/mol. The lowest BCUT2D eigenvalue weighted by Gasteiger charge is -2.37. The van der Waals surface area contributed by atoms with Gasteiger partial charge in [0.25, 0.3) is 0 Å². The Morgan fingerprint density at radius 1 is 1.41 bits per heavy atom. The fourth-order valence-electron chi connectivity index (χ4n) is 3.66. The number of amides is 1. The average Bonchev–Trinajstić information content (AvgIpc) is 2.87. The minimum atomic E-state index is -1.17. The van der Waals surface area contributed by atoms with Gasteiger partial charge in [-0.3, -0.25) is 9.59 Å². The number of methoxy groups -OCH3 is 1. The molecule has 142 valence electrons. The molecule has 1 amide bonds. The van der Waals surface area contributed by atoms with Gasteiger partial charge in [-0.25, -0.2) is 4.99 Å². The molecule has 3 atom stereocenters. The number of carbonyl (C=O) groups excluding carboxylic acids is 2. The van der Waals surface area contributed by atoms with Crippen molar-refractivity contribution in [3.8, 4) is 5.75 Å². The predicted octanol–water partition coefficient (Wildman–Crippen LogP) is 3.27. The van der Waals surface area contributed by atoms with Crippen molar-refractivity contribution in [1.82, 2.24) is 0 Å². The largest absolute Gasteiger partial charge is 0.497 e. The average molecular weight is 386 g/mol. The molecular formula is C20H22N2O4S. The van der Waals surface area contributed by atoms with E-state index in [1.807, 2.05) is 0 Å². The van der Waals surface area contributed by atoms with Crippen LogP contribution < -0.4 is 10.1 Å². The summed E-state index contributed by atoms with van der Waals surface area (Å²) in [5, 5.41) is 5.24. The van der Waals surface area contributed by atoms with Gasteiger partial charge in [-0.15, -0.1) is 0 Å². The van der Waals surface area contributed by atoms with E-state index in [-0.39, 0.29) is 11.9 Å². The zero-order chi connectivity index (χ0) is 19.8. The van der Waals surface area contributed by atoms with Crippen molar-refractivity contribution in [1.29, 1.82) is 0 Å². The molecule has 0 radical (unpaired) electrons. The fourth-order valence-corrected chi connectivity index (χ4v) is 3.80. The molecule has 0 aromatic heterocycles. The molecule has 1 aliphatic carbocycles. The number of thiocarbonyl (C=S) groups is 1. The summed E-state index contributed by atoms with van der Waals surface area (Å²) in [6.45, 7) is 5.40. The number of rotatable bonds is 3. The second-order valence-electron chi connectivity index (χ2n) is 7.70. The molecule has 27 heavy (non-hydrogen) atoms. The number of fused-ring (bicyclic) bond motifs is 2. The van der Waals surface area contributed by atoms with Crippen molar-refractivity contribution in [2.75, 3.05) is 12.4 Å². The van der Waals surface area contributed by atoms with E-state index in [9.17, 15) is 9.59 Å². The van der Waals surface area contributed by atoms with Crippen molar-refractivity contribution >= 4 is 34.9 Å². The first-order valence-electron chi connectivity index (χ1n) is 8.70. The SMILES string of the molecule is COc1ccc2c(c1)[C@]1(C=C[C@H](N=C=S)C[C@H]1C(=O)OC(C)(C)C)C(=O)N2. The van der Waals surface area contributed by atoms with E-state index in [1.54, 1.807) is 58.2 Å². The van der Waals surface area contributed by atoms with E-state index in [1.165, 1.54) is 0 Å². The molecule has 0 saturated heterocycles. The molecule has 2 aliphatic rings. The maximum Gasteiger partial charge on any atom is 0.311 e. The van der Waals surface area contributed by atoms with E-state index in [2.05, 4.69) is 15.5 Å². The Kier molecular flexibility index (Phi) is 4.93. The highest BCUT2D eigenvalue weighted by molar-refractivity contribution is 7.78. The van der Waals surface area contributed by atoms with Gasteiger partial charge in [0.15, 0.2) is 0 Å². The standard InChI is InChI=1S/C20H22N2O4S/c1-19(2,3)26-17(23)15-9-12(21-11-27)7-8-20(15)14-10-13(25-4)5-6-16(14)22-18(20)24/h5-8,10,12,15H,9H2,1-4H3,(H,22,24)/t12-,15-,20-/m0/s1. The molecule has 1 spiro atoms. The molecule has 6 nitrogen and oxygen atoms in total. The number of aliphatic imine (C=N–C) groups is 1. The summed E-state index contributed by atoms with van der Waals surface area (Å²) in [5.74, 6) is -0.836. The Balaban J connectivity index is 2.15. The van der Waals surface area contributed by atoms with Gasteiger partial charge in [-0.2, -0.15) is 0 Å². The third kappa shape index (κ3) is 3.40. The number of esters is 1. The first-order valence-corrected chi connectivity index (χ1v) is 9.11. The topological polar surface area (TPSA) is 77.0 Å². The van der Waals surface area contributed by atoms with Gasteiger partial charge < -0.3 is 14.8 Å². The zero-order valence-corrected chi connectivity index (χ0v) is 16.6. The van der Waals surface area contributed by atoms with Crippen LogP contribution in [0, 0.1) is 5.92 Å². The molecule has 3 rings (SSSR count). The molecule has 0 fully saturated rings. The summed E-state index contributed by atoms with van der Waals surface area (Å²) in [7, 11) is 1.56. The van der Waals surface area contributed by atoms with Crippen LogP contribution in [-0.4, -0.2) is 35.8 Å². The van der Waals surface area contributed by atoms with E-state index < -0.39 is 22.9 Å². The zero-order valence-electron chi connectivity index (χ0n) is 15.7. The van der Waals surface area contributed by atoms with Crippen LogP contribution in [0.3, 0.4) is 0 Å². The quantitative estimate of drug-likeness (QED) is 0.373. The second-order valence-corrected chi connectivity index (χ2v) is 7.89. The van der Waals surface area contributed by atoms with Crippen molar-refractivity contribution in [2.45, 2.75) is 44.2 Å². The van der Waals surface area contributed by atoms with Crippen LogP contribution in [0.15, 0.2) is 35.3 Å². The summed E-state index contributed by atoms with van der Waals surface area (Å²) in [6.07, 6.45) is 3.85. The minimum Gasteiger partial charge on any atom is -0.497 e. The van der Waals surface area contributed by atoms with Crippen LogP contribution in [0.25, 0.3) is 0 Å². The Bertz CT molecular complexity index is 867. The number of hydrogen-bond acceptors (Lipinski definition) is 6. The van der Waals surface area contributed by atoms with Crippen LogP contribution in [0.1, 0.15) is 32.8 Å². The third-order valence-corrected chi connectivity index (χ3v) is 4.92. The smallest absolute Gasteiger partial charge is 0.311 e. The summed E-state index contributed by atoms with van der Waals surface area (Å²) in [5.41, 5.74) is -0.478. The first-order chi connectivity index (χ1) is 12.7. The van der Waals surface area contributed by atoms with Crippen LogP contribution in [0.2, 0.25) is 0 Å². The maximum atomic E-state index is 13.1. The number of carbonyl (C=O) groups is 2. The Labute approximate surface area is 163 Å². The van der Waals surface area contributed by atoms with E-state index >= 15 is 0 Å².